The molecule has 2 atom stereocenters. The van der Waals surface area contributed by atoms with Crippen molar-refractivity contribution in [3.8, 4) is 0 Å². The number of nitrogens with one attached hydrogen (secondary N) is 2. The maximum Gasteiger partial charge on any atom is 0.225 e. The van der Waals surface area contributed by atoms with Crippen LogP contribution in [0.4, 0.5) is 0 Å². The standard InChI is InChI=1S/C12H14N2O/c15-12-11-7-13-6-10(11)9-4-2-1-3-8(9)5-14-12/h1-4,10-11,13H,5-7H2,(H,14,15)/t10?,11-/m1/s1. The normalized spacial score (nSPS) is 28.9. The second-order valence-electron chi connectivity index (χ2n) is 4.29. The van der Waals surface area contributed by atoms with E-state index in [9.17, 15) is 4.79 Å². The summed E-state index contributed by atoms with van der Waals surface area (Å²) >= 11 is 0. The Hall–Kier alpha value is -1.35. The fourth-order valence-corrected chi connectivity index (χ4v) is 2.65. The molecule has 0 aliphatic carbocycles. The first-order valence-corrected chi connectivity index (χ1v) is 5.42. The minimum Gasteiger partial charge on any atom is -0.352 e. The maximum absolute atomic E-state index is 11.8. The Morgan fingerprint density at radius 1 is 1.13 bits per heavy atom. The number of fused-ring (bicyclic) bond motifs is 3. The van der Waals surface area contributed by atoms with Gasteiger partial charge >= 0.3 is 0 Å². The number of carbonyl (C=O) groups is 1. The molecule has 1 saturated heterocycles. The number of amides is 1. The van der Waals surface area contributed by atoms with Gasteiger partial charge < -0.3 is 10.6 Å². The van der Waals surface area contributed by atoms with Crippen molar-refractivity contribution in [1.82, 2.24) is 10.6 Å². The van der Waals surface area contributed by atoms with Crippen LogP contribution < -0.4 is 10.6 Å². The summed E-state index contributed by atoms with van der Waals surface area (Å²) in [5.41, 5.74) is 2.60. The van der Waals surface area contributed by atoms with Crippen LogP contribution in [0.3, 0.4) is 0 Å². The van der Waals surface area contributed by atoms with Crippen LogP contribution in [-0.2, 0) is 11.3 Å². The Balaban J connectivity index is 2.08. The number of carbonyl (C=O) groups excluding carboxylic acids is 1. The van der Waals surface area contributed by atoms with E-state index in [4.69, 9.17) is 0 Å². The molecular formula is C12H14N2O. The zero-order valence-electron chi connectivity index (χ0n) is 8.49. The van der Waals surface area contributed by atoms with E-state index in [2.05, 4.69) is 28.8 Å². The van der Waals surface area contributed by atoms with Crippen molar-refractivity contribution in [2.45, 2.75) is 12.5 Å². The molecule has 3 nitrogen and oxygen atoms in total. The lowest BCUT2D eigenvalue weighted by Gasteiger charge is -2.15. The van der Waals surface area contributed by atoms with Crippen molar-refractivity contribution < 1.29 is 4.79 Å². The molecule has 0 aromatic heterocycles. The predicted octanol–water partition coefficient (Wildman–Crippen LogP) is 0.619. The van der Waals surface area contributed by atoms with Crippen LogP contribution in [0.5, 0.6) is 0 Å². The van der Waals surface area contributed by atoms with Crippen LogP contribution >= 0.6 is 0 Å². The lowest BCUT2D eigenvalue weighted by atomic mass is 9.87. The van der Waals surface area contributed by atoms with Gasteiger partial charge in [-0.15, -0.1) is 0 Å². The predicted molar refractivity (Wildman–Crippen MR) is 57.4 cm³/mol. The van der Waals surface area contributed by atoms with Gasteiger partial charge in [0.25, 0.3) is 0 Å². The Bertz CT molecular complexity index is 402. The van der Waals surface area contributed by atoms with E-state index in [0.29, 0.717) is 12.5 Å². The Morgan fingerprint density at radius 2 is 1.93 bits per heavy atom. The molecule has 2 aliphatic heterocycles. The third-order valence-corrected chi connectivity index (χ3v) is 3.46. The van der Waals surface area contributed by atoms with Crippen molar-refractivity contribution >= 4 is 5.91 Å². The van der Waals surface area contributed by atoms with Crippen molar-refractivity contribution in [1.29, 1.82) is 0 Å². The molecule has 1 unspecified atom stereocenters. The minimum atomic E-state index is 0.119. The van der Waals surface area contributed by atoms with Gasteiger partial charge in [-0.3, -0.25) is 4.79 Å². The summed E-state index contributed by atoms with van der Waals surface area (Å²) in [5, 5.41) is 6.30. The molecule has 2 N–H and O–H groups in total. The third-order valence-electron chi connectivity index (χ3n) is 3.46. The highest BCUT2D eigenvalue weighted by molar-refractivity contribution is 5.81. The monoisotopic (exact) mass is 202 g/mol. The molecule has 2 heterocycles. The van der Waals surface area contributed by atoms with E-state index >= 15 is 0 Å². The van der Waals surface area contributed by atoms with Gasteiger partial charge in [-0.2, -0.15) is 0 Å². The van der Waals surface area contributed by atoms with E-state index in [-0.39, 0.29) is 11.8 Å². The van der Waals surface area contributed by atoms with Crippen molar-refractivity contribution in [3.63, 3.8) is 0 Å². The molecule has 2 aliphatic rings. The fourth-order valence-electron chi connectivity index (χ4n) is 2.65. The van der Waals surface area contributed by atoms with E-state index < -0.39 is 0 Å². The van der Waals surface area contributed by atoms with Crippen LogP contribution in [0.1, 0.15) is 17.0 Å². The highest BCUT2D eigenvalue weighted by atomic mass is 16.1. The zero-order chi connectivity index (χ0) is 10.3. The summed E-state index contributed by atoms with van der Waals surface area (Å²) < 4.78 is 0. The Morgan fingerprint density at radius 3 is 2.87 bits per heavy atom. The first-order valence-electron chi connectivity index (χ1n) is 5.42. The largest absolute Gasteiger partial charge is 0.352 e. The van der Waals surface area contributed by atoms with Crippen LogP contribution in [-0.4, -0.2) is 19.0 Å². The minimum absolute atomic E-state index is 0.119. The van der Waals surface area contributed by atoms with Crippen LogP contribution in [0, 0.1) is 5.92 Å². The maximum atomic E-state index is 11.8. The number of benzene rings is 1. The molecule has 1 aromatic rings. The summed E-state index contributed by atoms with van der Waals surface area (Å²) in [4.78, 5) is 11.8. The number of hydrogen-bond acceptors (Lipinski definition) is 2. The summed E-state index contributed by atoms with van der Waals surface area (Å²) in [6, 6.07) is 8.36. The van der Waals surface area contributed by atoms with Crippen molar-refractivity contribution in [2.75, 3.05) is 13.1 Å². The zero-order valence-corrected chi connectivity index (χ0v) is 8.49. The van der Waals surface area contributed by atoms with E-state index in [1.807, 2.05) is 6.07 Å². The molecular weight excluding hydrogens is 188 g/mol. The molecule has 1 aromatic carbocycles. The fraction of sp³-hybridized carbons (Fsp3) is 0.417. The lowest BCUT2D eigenvalue weighted by molar-refractivity contribution is -0.124. The Labute approximate surface area is 88.9 Å². The van der Waals surface area contributed by atoms with Crippen molar-refractivity contribution in [3.05, 3.63) is 35.4 Å². The summed E-state index contributed by atoms with van der Waals surface area (Å²) in [6.45, 7) is 2.42. The first-order chi connectivity index (χ1) is 7.36. The SMILES string of the molecule is O=C1NCc2ccccc2C2CNC[C@@H]12. The van der Waals surface area contributed by atoms with Gasteiger partial charge in [0.05, 0.1) is 5.92 Å². The van der Waals surface area contributed by atoms with E-state index in [1.54, 1.807) is 0 Å². The molecule has 1 amide bonds. The van der Waals surface area contributed by atoms with Gasteiger partial charge in [-0.05, 0) is 11.1 Å². The van der Waals surface area contributed by atoms with Gasteiger partial charge in [-0.25, -0.2) is 0 Å². The van der Waals surface area contributed by atoms with Crippen LogP contribution in [0.15, 0.2) is 24.3 Å². The highest BCUT2D eigenvalue weighted by Crippen LogP contribution is 2.32. The summed E-state index contributed by atoms with van der Waals surface area (Å²) in [6.07, 6.45) is 0. The summed E-state index contributed by atoms with van der Waals surface area (Å²) in [7, 11) is 0. The van der Waals surface area contributed by atoms with Crippen molar-refractivity contribution in [2.24, 2.45) is 5.92 Å². The molecule has 1 fully saturated rings. The molecule has 0 saturated carbocycles. The second kappa shape index (κ2) is 3.35. The molecule has 3 rings (SSSR count). The van der Waals surface area contributed by atoms with Gasteiger partial charge in [-0.1, -0.05) is 24.3 Å². The first kappa shape index (κ1) is 8.92. The third kappa shape index (κ3) is 1.35. The van der Waals surface area contributed by atoms with E-state index in [1.165, 1.54) is 11.1 Å². The number of rotatable bonds is 0. The highest BCUT2D eigenvalue weighted by Gasteiger charge is 2.36. The molecule has 0 bridgehead atoms. The molecule has 3 heteroatoms. The lowest BCUT2D eigenvalue weighted by Crippen LogP contribution is -2.31. The van der Waals surface area contributed by atoms with Gasteiger partial charge in [0.2, 0.25) is 5.91 Å². The molecule has 0 spiro atoms. The van der Waals surface area contributed by atoms with Gasteiger partial charge in [0.1, 0.15) is 0 Å². The topological polar surface area (TPSA) is 41.1 Å². The smallest absolute Gasteiger partial charge is 0.225 e. The molecule has 0 radical (unpaired) electrons. The summed E-state index contributed by atoms with van der Waals surface area (Å²) in [5.74, 6) is 0.679. The van der Waals surface area contributed by atoms with E-state index in [0.717, 1.165) is 13.1 Å². The molecule has 15 heavy (non-hydrogen) atoms. The second-order valence-corrected chi connectivity index (χ2v) is 4.29. The van der Waals surface area contributed by atoms with Gasteiger partial charge in [0.15, 0.2) is 0 Å². The number of hydrogen-bond donors (Lipinski definition) is 2. The van der Waals surface area contributed by atoms with Crippen LogP contribution in [0.25, 0.3) is 0 Å². The quantitative estimate of drug-likeness (QED) is 0.647. The van der Waals surface area contributed by atoms with Gasteiger partial charge in [0, 0.05) is 25.6 Å². The average molecular weight is 202 g/mol. The molecule has 78 valence electrons. The Kier molecular flexibility index (Phi) is 1.99. The average Bonchev–Trinajstić information content (AvgIpc) is 2.71. The van der Waals surface area contributed by atoms with Crippen LogP contribution in [0.2, 0.25) is 0 Å².